The SMILES string of the molecule is CCNC(=O)Nc1ccc2c(c1)OCCc1cc(C(=O)N(C)c3ccccc3C)sc1-2. The van der Waals surface area contributed by atoms with Gasteiger partial charge in [-0.3, -0.25) is 4.79 Å². The Labute approximate surface area is 185 Å². The molecule has 1 aromatic heterocycles. The van der Waals surface area contributed by atoms with Crippen molar-refractivity contribution in [1.29, 1.82) is 0 Å². The van der Waals surface area contributed by atoms with E-state index in [0.717, 1.165) is 33.7 Å². The highest BCUT2D eigenvalue weighted by Crippen LogP contribution is 2.42. The van der Waals surface area contributed by atoms with E-state index in [2.05, 4.69) is 10.6 Å². The average Bonchev–Trinajstić information content (AvgIpc) is 3.10. The third-order valence-corrected chi connectivity index (χ3v) is 6.45. The fraction of sp³-hybridized carbons (Fsp3) is 0.250. The fourth-order valence-electron chi connectivity index (χ4n) is 3.68. The van der Waals surface area contributed by atoms with Gasteiger partial charge in [0.25, 0.3) is 5.91 Å². The van der Waals surface area contributed by atoms with E-state index in [4.69, 9.17) is 4.74 Å². The van der Waals surface area contributed by atoms with Crippen molar-refractivity contribution in [1.82, 2.24) is 5.32 Å². The number of para-hydroxylation sites is 1. The van der Waals surface area contributed by atoms with Crippen molar-refractivity contribution in [2.24, 2.45) is 0 Å². The van der Waals surface area contributed by atoms with Gasteiger partial charge in [0.05, 0.1) is 11.5 Å². The third kappa shape index (κ3) is 4.27. The van der Waals surface area contributed by atoms with E-state index in [1.54, 1.807) is 4.90 Å². The molecular weight excluding hydrogens is 410 g/mol. The van der Waals surface area contributed by atoms with Crippen LogP contribution in [0, 0.1) is 6.92 Å². The molecule has 0 bridgehead atoms. The second kappa shape index (κ2) is 8.81. The van der Waals surface area contributed by atoms with Gasteiger partial charge in [0.1, 0.15) is 5.75 Å². The maximum atomic E-state index is 13.2. The van der Waals surface area contributed by atoms with Crippen LogP contribution in [0.3, 0.4) is 0 Å². The highest BCUT2D eigenvalue weighted by Gasteiger charge is 2.24. The summed E-state index contributed by atoms with van der Waals surface area (Å²) in [6.07, 6.45) is 0.723. The molecule has 0 aliphatic carbocycles. The molecule has 6 nitrogen and oxygen atoms in total. The van der Waals surface area contributed by atoms with Crippen LogP contribution in [0.5, 0.6) is 5.75 Å². The third-order valence-electron chi connectivity index (χ3n) is 5.25. The van der Waals surface area contributed by atoms with Crippen LogP contribution in [0.1, 0.15) is 27.7 Å². The first-order valence-electron chi connectivity index (χ1n) is 10.3. The van der Waals surface area contributed by atoms with Gasteiger partial charge < -0.3 is 20.3 Å². The van der Waals surface area contributed by atoms with Gasteiger partial charge in [-0.1, -0.05) is 18.2 Å². The Morgan fingerprint density at radius 1 is 1.16 bits per heavy atom. The van der Waals surface area contributed by atoms with Gasteiger partial charge >= 0.3 is 6.03 Å². The van der Waals surface area contributed by atoms with Gasteiger partial charge in [-0.15, -0.1) is 11.3 Å². The first kappa shape index (κ1) is 20.9. The minimum Gasteiger partial charge on any atom is -0.492 e. The largest absolute Gasteiger partial charge is 0.492 e. The van der Waals surface area contributed by atoms with Crippen molar-refractivity contribution in [2.45, 2.75) is 20.3 Å². The summed E-state index contributed by atoms with van der Waals surface area (Å²) in [4.78, 5) is 28.5. The molecule has 4 rings (SSSR count). The number of aryl methyl sites for hydroxylation is 1. The summed E-state index contributed by atoms with van der Waals surface area (Å²) in [6, 6.07) is 15.2. The van der Waals surface area contributed by atoms with Crippen molar-refractivity contribution in [2.75, 3.05) is 30.4 Å². The number of nitrogens with one attached hydrogen (secondary N) is 2. The molecule has 0 saturated carbocycles. The lowest BCUT2D eigenvalue weighted by Gasteiger charge is -2.18. The van der Waals surface area contributed by atoms with E-state index in [-0.39, 0.29) is 11.9 Å². The summed E-state index contributed by atoms with van der Waals surface area (Å²) >= 11 is 1.49. The number of urea groups is 1. The summed E-state index contributed by atoms with van der Waals surface area (Å²) in [7, 11) is 1.81. The predicted octanol–water partition coefficient (Wildman–Crippen LogP) is 5.08. The molecule has 2 aromatic carbocycles. The van der Waals surface area contributed by atoms with Gasteiger partial charge in [0, 0.05) is 47.9 Å². The van der Waals surface area contributed by atoms with Crippen LogP contribution in [0.25, 0.3) is 10.4 Å². The molecule has 160 valence electrons. The number of hydrogen-bond acceptors (Lipinski definition) is 4. The number of anilines is 2. The summed E-state index contributed by atoms with van der Waals surface area (Å²) in [5.74, 6) is 0.686. The summed E-state index contributed by atoms with van der Waals surface area (Å²) in [6.45, 7) is 4.94. The van der Waals surface area contributed by atoms with Gasteiger partial charge in [0.2, 0.25) is 0 Å². The maximum Gasteiger partial charge on any atom is 0.319 e. The molecule has 3 amide bonds. The van der Waals surface area contributed by atoms with Crippen LogP contribution >= 0.6 is 11.3 Å². The van der Waals surface area contributed by atoms with Crippen LogP contribution in [-0.2, 0) is 6.42 Å². The average molecular weight is 436 g/mol. The Kier molecular flexibility index (Phi) is 5.95. The summed E-state index contributed by atoms with van der Waals surface area (Å²) < 4.78 is 5.94. The number of rotatable bonds is 4. The van der Waals surface area contributed by atoms with E-state index < -0.39 is 0 Å². The maximum absolute atomic E-state index is 13.2. The lowest BCUT2D eigenvalue weighted by molar-refractivity contribution is 0.0996. The number of ether oxygens (including phenoxy) is 1. The number of carbonyl (C=O) groups is 2. The number of fused-ring (bicyclic) bond motifs is 3. The van der Waals surface area contributed by atoms with Crippen molar-refractivity contribution < 1.29 is 14.3 Å². The molecule has 31 heavy (non-hydrogen) atoms. The van der Waals surface area contributed by atoms with Crippen LogP contribution in [0.15, 0.2) is 48.5 Å². The van der Waals surface area contributed by atoms with Crippen molar-refractivity contribution >= 4 is 34.6 Å². The molecule has 3 aromatic rings. The topological polar surface area (TPSA) is 70.7 Å². The van der Waals surface area contributed by atoms with Crippen molar-refractivity contribution in [3.05, 3.63) is 64.5 Å². The highest BCUT2D eigenvalue weighted by molar-refractivity contribution is 7.17. The van der Waals surface area contributed by atoms with E-state index >= 15 is 0 Å². The second-order valence-corrected chi connectivity index (χ2v) is 8.46. The van der Waals surface area contributed by atoms with E-state index in [9.17, 15) is 9.59 Å². The van der Waals surface area contributed by atoms with Crippen LogP contribution in [0.4, 0.5) is 16.2 Å². The Morgan fingerprint density at radius 3 is 2.74 bits per heavy atom. The number of hydrogen-bond donors (Lipinski definition) is 2. The van der Waals surface area contributed by atoms with Crippen LogP contribution in [0.2, 0.25) is 0 Å². The van der Waals surface area contributed by atoms with Crippen molar-refractivity contribution in [3.8, 4) is 16.2 Å². The molecule has 0 spiro atoms. The molecule has 7 heteroatoms. The Morgan fingerprint density at radius 2 is 1.97 bits per heavy atom. The lowest BCUT2D eigenvalue weighted by atomic mass is 10.1. The van der Waals surface area contributed by atoms with Gasteiger partial charge in [-0.25, -0.2) is 4.79 Å². The zero-order valence-corrected chi connectivity index (χ0v) is 18.6. The second-order valence-electron chi connectivity index (χ2n) is 7.41. The minimum atomic E-state index is -0.250. The van der Waals surface area contributed by atoms with E-state index in [1.165, 1.54) is 11.3 Å². The van der Waals surface area contributed by atoms with Gasteiger partial charge in [0.15, 0.2) is 0 Å². The molecule has 0 radical (unpaired) electrons. The van der Waals surface area contributed by atoms with E-state index in [0.29, 0.717) is 29.5 Å². The zero-order valence-electron chi connectivity index (χ0n) is 17.8. The summed E-state index contributed by atoms with van der Waals surface area (Å²) in [5, 5.41) is 5.53. The lowest BCUT2D eigenvalue weighted by Crippen LogP contribution is -2.28. The number of thiophene rings is 1. The normalized spacial score (nSPS) is 12.1. The van der Waals surface area contributed by atoms with E-state index in [1.807, 2.05) is 69.4 Å². The van der Waals surface area contributed by atoms with Crippen molar-refractivity contribution in [3.63, 3.8) is 0 Å². The number of carbonyl (C=O) groups excluding carboxylic acids is 2. The molecule has 0 atom stereocenters. The first-order valence-corrected chi connectivity index (χ1v) is 11.1. The Hall–Kier alpha value is -3.32. The molecule has 0 saturated heterocycles. The van der Waals surface area contributed by atoms with Gasteiger partial charge in [-0.05, 0) is 49.2 Å². The predicted molar refractivity (Wildman–Crippen MR) is 126 cm³/mol. The molecule has 1 aliphatic rings. The molecule has 1 aliphatic heterocycles. The standard InChI is InChI=1S/C24H25N3O3S/c1-4-25-24(29)26-17-9-10-18-20(14-17)30-12-11-16-13-21(31-22(16)18)23(28)27(3)19-8-6-5-7-15(19)2/h5-10,13-14H,4,11-12H2,1-3H3,(H2,25,26,29). The molecular formula is C24H25N3O3S. The smallest absolute Gasteiger partial charge is 0.319 e. The number of benzene rings is 2. The molecule has 2 N–H and O–H groups in total. The highest BCUT2D eigenvalue weighted by atomic mass is 32.1. The first-order chi connectivity index (χ1) is 15.0. The number of nitrogens with zero attached hydrogens (tertiary/aromatic N) is 1. The Balaban J connectivity index is 1.64. The quantitative estimate of drug-likeness (QED) is 0.601. The minimum absolute atomic E-state index is 0.0237. The molecule has 0 fully saturated rings. The fourth-order valence-corrected chi connectivity index (χ4v) is 4.89. The number of amides is 3. The van der Waals surface area contributed by atoms with Gasteiger partial charge in [-0.2, -0.15) is 0 Å². The molecule has 2 heterocycles. The zero-order chi connectivity index (χ0) is 22.0. The molecule has 0 unspecified atom stereocenters. The summed E-state index contributed by atoms with van der Waals surface area (Å²) in [5.41, 5.74) is 4.68. The van der Waals surface area contributed by atoms with Crippen LogP contribution < -0.4 is 20.3 Å². The monoisotopic (exact) mass is 435 g/mol. The Bertz CT molecular complexity index is 1140. The van der Waals surface area contributed by atoms with Crippen LogP contribution in [-0.4, -0.2) is 32.1 Å².